The van der Waals surface area contributed by atoms with Gasteiger partial charge in [0.1, 0.15) is 5.75 Å². The second-order valence-electron chi connectivity index (χ2n) is 6.90. The van der Waals surface area contributed by atoms with Crippen molar-refractivity contribution < 1.29 is 4.74 Å². The number of nitrogens with one attached hydrogen (secondary N) is 2. The lowest BCUT2D eigenvalue weighted by atomic mass is 9.87. The SMILES string of the molecule is COc1ccc(C(C)(C)C)cc1NC(=S)N[C@H](C)c1ccccc1. The third-order valence-electron chi connectivity index (χ3n) is 3.96. The third kappa shape index (κ3) is 4.71. The van der Waals surface area contributed by atoms with Crippen LogP contribution in [0.5, 0.6) is 5.75 Å². The summed E-state index contributed by atoms with van der Waals surface area (Å²) >= 11 is 5.48. The minimum Gasteiger partial charge on any atom is -0.495 e. The Morgan fingerprint density at radius 2 is 1.75 bits per heavy atom. The molecular weight excluding hydrogens is 316 g/mol. The molecule has 0 aliphatic rings. The molecular formula is C20H26N2OS. The highest BCUT2D eigenvalue weighted by atomic mass is 32.1. The molecule has 0 heterocycles. The van der Waals surface area contributed by atoms with Crippen LogP contribution in [0.3, 0.4) is 0 Å². The molecule has 0 radical (unpaired) electrons. The number of hydrogen-bond donors (Lipinski definition) is 2. The van der Waals surface area contributed by atoms with Crippen LogP contribution in [0, 0.1) is 0 Å². The summed E-state index contributed by atoms with van der Waals surface area (Å²) < 4.78 is 5.45. The first-order chi connectivity index (χ1) is 11.3. The van der Waals surface area contributed by atoms with E-state index in [0.717, 1.165) is 11.4 Å². The maximum atomic E-state index is 5.48. The van der Waals surface area contributed by atoms with Gasteiger partial charge in [0.15, 0.2) is 5.11 Å². The predicted molar refractivity (Wildman–Crippen MR) is 106 cm³/mol. The van der Waals surface area contributed by atoms with Gasteiger partial charge in [-0.25, -0.2) is 0 Å². The highest BCUT2D eigenvalue weighted by molar-refractivity contribution is 7.80. The van der Waals surface area contributed by atoms with Crippen LogP contribution < -0.4 is 15.4 Å². The van der Waals surface area contributed by atoms with Crippen LogP contribution in [0.4, 0.5) is 5.69 Å². The Hall–Kier alpha value is -2.07. The number of anilines is 1. The molecule has 2 rings (SSSR count). The summed E-state index contributed by atoms with van der Waals surface area (Å²) in [7, 11) is 1.67. The number of ether oxygens (including phenoxy) is 1. The summed E-state index contributed by atoms with van der Waals surface area (Å²) in [6.45, 7) is 8.65. The van der Waals surface area contributed by atoms with Crippen molar-refractivity contribution in [3.05, 3.63) is 59.7 Å². The number of rotatable bonds is 4. The summed E-state index contributed by atoms with van der Waals surface area (Å²) in [5, 5.41) is 7.17. The van der Waals surface area contributed by atoms with Gasteiger partial charge < -0.3 is 15.4 Å². The molecule has 0 amide bonds. The van der Waals surface area contributed by atoms with Crippen molar-refractivity contribution in [2.75, 3.05) is 12.4 Å². The molecule has 0 saturated heterocycles. The molecule has 0 fully saturated rings. The molecule has 2 N–H and O–H groups in total. The second-order valence-corrected chi connectivity index (χ2v) is 7.30. The summed E-state index contributed by atoms with van der Waals surface area (Å²) in [4.78, 5) is 0. The number of benzene rings is 2. The molecule has 0 unspecified atom stereocenters. The first-order valence-corrected chi connectivity index (χ1v) is 8.53. The topological polar surface area (TPSA) is 33.3 Å². The fourth-order valence-electron chi connectivity index (χ4n) is 2.45. The van der Waals surface area contributed by atoms with Crippen LogP contribution in [0.15, 0.2) is 48.5 Å². The predicted octanol–water partition coefficient (Wildman–Crippen LogP) is 5.04. The van der Waals surface area contributed by atoms with Gasteiger partial charge in [-0.1, -0.05) is 57.2 Å². The summed E-state index contributed by atoms with van der Waals surface area (Å²) in [6.07, 6.45) is 0. The third-order valence-corrected chi connectivity index (χ3v) is 4.18. The number of thiocarbonyl (C=S) groups is 1. The first kappa shape index (κ1) is 18.3. The van der Waals surface area contributed by atoms with Crippen LogP contribution in [0.2, 0.25) is 0 Å². The van der Waals surface area contributed by atoms with Crippen molar-refractivity contribution in [1.29, 1.82) is 0 Å². The van der Waals surface area contributed by atoms with E-state index in [1.807, 2.05) is 24.3 Å². The smallest absolute Gasteiger partial charge is 0.171 e. The highest BCUT2D eigenvalue weighted by Gasteiger charge is 2.16. The van der Waals surface area contributed by atoms with Gasteiger partial charge in [-0.3, -0.25) is 0 Å². The molecule has 4 heteroatoms. The molecule has 24 heavy (non-hydrogen) atoms. The zero-order valence-electron chi connectivity index (χ0n) is 15.0. The summed E-state index contributed by atoms with van der Waals surface area (Å²) in [5.74, 6) is 0.777. The van der Waals surface area contributed by atoms with Crippen LogP contribution in [-0.2, 0) is 5.41 Å². The lowest BCUT2D eigenvalue weighted by Gasteiger charge is -2.22. The molecule has 1 atom stereocenters. The van der Waals surface area contributed by atoms with Crippen molar-refractivity contribution >= 4 is 23.0 Å². The van der Waals surface area contributed by atoms with E-state index >= 15 is 0 Å². The van der Waals surface area contributed by atoms with E-state index in [0.29, 0.717) is 5.11 Å². The standard InChI is InChI=1S/C20H26N2OS/c1-14(15-9-7-6-8-10-15)21-19(24)22-17-13-16(20(2,3)4)11-12-18(17)23-5/h6-14H,1-5H3,(H2,21,22,24)/t14-/m1/s1. The van der Waals surface area contributed by atoms with Gasteiger partial charge in [-0.2, -0.15) is 0 Å². The zero-order valence-corrected chi connectivity index (χ0v) is 15.8. The number of methoxy groups -OCH3 is 1. The molecule has 0 spiro atoms. The summed E-state index contributed by atoms with van der Waals surface area (Å²) in [5.41, 5.74) is 3.36. The van der Waals surface area contributed by atoms with E-state index in [1.165, 1.54) is 11.1 Å². The molecule has 3 nitrogen and oxygen atoms in total. The van der Waals surface area contributed by atoms with E-state index in [1.54, 1.807) is 7.11 Å². The van der Waals surface area contributed by atoms with E-state index < -0.39 is 0 Å². The molecule has 0 saturated carbocycles. The minimum absolute atomic E-state index is 0.0646. The largest absolute Gasteiger partial charge is 0.495 e. The Kier molecular flexibility index (Phi) is 5.84. The lowest BCUT2D eigenvalue weighted by Crippen LogP contribution is -2.31. The van der Waals surface area contributed by atoms with Crippen LogP contribution in [0.1, 0.15) is 44.9 Å². The highest BCUT2D eigenvalue weighted by Crippen LogP contribution is 2.31. The van der Waals surface area contributed by atoms with Crippen LogP contribution in [-0.4, -0.2) is 12.2 Å². The molecule has 2 aromatic rings. The van der Waals surface area contributed by atoms with Crippen molar-refractivity contribution in [2.24, 2.45) is 0 Å². The van der Waals surface area contributed by atoms with Crippen LogP contribution in [0.25, 0.3) is 0 Å². The average molecular weight is 343 g/mol. The monoisotopic (exact) mass is 342 g/mol. The van der Waals surface area contributed by atoms with Gasteiger partial charge in [0, 0.05) is 0 Å². The fourth-order valence-corrected chi connectivity index (χ4v) is 2.74. The van der Waals surface area contributed by atoms with E-state index in [2.05, 4.69) is 62.6 Å². The second kappa shape index (κ2) is 7.67. The molecule has 0 aliphatic heterocycles. The molecule has 0 aromatic heterocycles. The Morgan fingerprint density at radius 3 is 2.33 bits per heavy atom. The molecule has 0 aliphatic carbocycles. The molecule has 128 valence electrons. The van der Waals surface area contributed by atoms with E-state index in [-0.39, 0.29) is 11.5 Å². The minimum atomic E-state index is 0.0646. The van der Waals surface area contributed by atoms with E-state index in [9.17, 15) is 0 Å². The van der Waals surface area contributed by atoms with Gasteiger partial charge in [0.05, 0.1) is 18.8 Å². The lowest BCUT2D eigenvalue weighted by molar-refractivity contribution is 0.416. The normalized spacial score (nSPS) is 12.4. The van der Waals surface area contributed by atoms with Crippen molar-refractivity contribution in [1.82, 2.24) is 5.32 Å². The molecule has 0 bridgehead atoms. The number of hydrogen-bond acceptors (Lipinski definition) is 2. The van der Waals surface area contributed by atoms with Crippen molar-refractivity contribution in [2.45, 2.75) is 39.2 Å². The quantitative estimate of drug-likeness (QED) is 0.763. The maximum Gasteiger partial charge on any atom is 0.171 e. The van der Waals surface area contributed by atoms with Gasteiger partial charge in [0.2, 0.25) is 0 Å². The van der Waals surface area contributed by atoms with Gasteiger partial charge in [-0.05, 0) is 47.8 Å². The van der Waals surface area contributed by atoms with Gasteiger partial charge in [0.25, 0.3) is 0 Å². The zero-order chi connectivity index (χ0) is 17.7. The van der Waals surface area contributed by atoms with Gasteiger partial charge >= 0.3 is 0 Å². The summed E-state index contributed by atoms with van der Waals surface area (Å²) in [6, 6.07) is 16.5. The van der Waals surface area contributed by atoms with Crippen molar-refractivity contribution in [3.8, 4) is 5.75 Å². The maximum absolute atomic E-state index is 5.48. The van der Waals surface area contributed by atoms with Crippen LogP contribution >= 0.6 is 12.2 Å². The van der Waals surface area contributed by atoms with E-state index in [4.69, 9.17) is 17.0 Å². The molecule has 2 aromatic carbocycles. The average Bonchev–Trinajstić information content (AvgIpc) is 2.54. The van der Waals surface area contributed by atoms with Crippen molar-refractivity contribution in [3.63, 3.8) is 0 Å². The van der Waals surface area contributed by atoms with Gasteiger partial charge in [-0.15, -0.1) is 0 Å². The Morgan fingerprint density at radius 1 is 1.08 bits per heavy atom. The first-order valence-electron chi connectivity index (χ1n) is 8.12. The Balaban J connectivity index is 2.13. The Labute approximate surface area is 150 Å². The Bertz CT molecular complexity index is 693. The fraction of sp³-hybridized carbons (Fsp3) is 0.350.